The van der Waals surface area contributed by atoms with Crippen LogP contribution in [0.2, 0.25) is 0 Å². The van der Waals surface area contributed by atoms with Crippen LogP contribution in [0.5, 0.6) is 0 Å². The van der Waals surface area contributed by atoms with Crippen molar-refractivity contribution in [2.75, 3.05) is 33.7 Å². The Hall–Kier alpha value is -0.920. The molecule has 0 saturated carbocycles. The van der Waals surface area contributed by atoms with Crippen molar-refractivity contribution in [2.45, 2.75) is 32.8 Å². The molecule has 1 saturated heterocycles. The molecule has 1 fully saturated rings. The molecule has 0 spiro atoms. The van der Waals surface area contributed by atoms with E-state index in [0.29, 0.717) is 35.4 Å². The first-order chi connectivity index (χ1) is 11.1. The lowest BCUT2D eigenvalue weighted by Crippen LogP contribution is -3.00. The van der Waals surface area contributed by atoms with Gasteiger partial charge in [0, 0.05) is 5.03 Å². The van der Waals surface area contributed by atoms with E-state index in [4.69, 9.17) is 16.3 Å². The van der Waals surface area contributed by atoms with Crippen molar-refractivity contribution in [1.82, 2.24) is 4.90 Å². The van der Waals surface area contributed by atoms with Crippen LogP contribution in [0.3, 0.4) is 0 Å². The van der Waals surface area contributed by atoms with E-state index in [1.165, 1.54) is 4.90 Å². The lowest BCUT2D eigenvalue weighted by molar-refractivity contribution is -0.882. The Morgan fingerprint density at radius 2 is 1.92 bits per heavy atom. The molecule has 1 aliphatic heterocycles. The normalized spacial score (nSPS) is 23.3. The molecule has 0 bridgehead atoms. The van der Waals surface area contributed by atoms with Crippen molar-refractivity contribution in [2.24, 2.45) is 11.8 Å². The highest BCUT2D eigenvalue weighted by Crippen LogP contribution is 2.38. The van der Waals surface area contributed by atoms with Gasteiger partial charge in [0.05, 0.1) is 45.1 Å². The number of ether oxygens (including phenoxy) is 1. The second-order valence-electron chi connectivity index (χ2n) is 7.49. The first-order valence-electron chi connectivity index (χ1n) is 8.32. The summed E-state index contributed by atoms with van der Waals surface area (Å²) in [5.41, 5.74) is 0. The summed E-state index contributed by atoms with van der Waals surface area (Å²) in [6.07, 6.45) is 2.66. The number of carbonyl (C=O) groups is 3. The van der Waals surface area contributed by atoms with Gasteiger partial charge >= 0.3 is 5.97 Å². The van der Waals surface area contributed by atoms with E-state index in [-0.39, 0.29) is 59.2 Å². The Labute approximate surface area is 164 Å². The van der Waals surface area contributed by atoms with Gasteiger partial charge in [-0.1, -0.05) is 17.7 Å². The van der Waals surface area contributed by atoms with Gasteiger partial charge in [0.2, 0.25) is 11.8 Å². The van der Waals surface area contributed by atoms with Crippen LogP contribution < -0.4 is 17.0 Å². The summed E-state index contributed by atoms with van der Waals surface area (Å²) in [4.78, 5) is 38.1. The van der Waals surface area contributed by atoms with Crippen LogP contribution in [0, 0.1) is 11.8 Å². The monoisotopic (exact) mass is 436 g/mol. The molecule has 2 unspecified atom stereocenters. The van der Waals surface area contributed by atoms with E-state index in [2.05, 4.69) is 0 Å². The molecule has 0 aromatic rings. The van der Waals surface area contributed by atoms with Gasteiger partial charge in [-0.3, -0.25) is 14.5 Å². The first-order valence-corrected chi connectivity index (χ1v) is 8.70. The lowest BCUT2D eigenvalue weighted by Gasteiger charge is -2.30. The molecule has 2 rings (SSSR count). The van der Waals surface area contributed by atoms with Crippen LogP contribution in [-0.4, -0.2) is 67.0 Å². The summed E-state index contributed by atoms with van der Waals surface area (Å²) >= 11 is 6.02. The van der Waals surface area contributed by atoms with Crippen molar-refractivity contribution in [3.05, 3.63) is 11.1 Å². The molecule has 1 heterocycles. The van der Waals surface area contributed by atoms with Gasteiger partial charge in [-0.2, -0.15) is 0 Å². The molecule has 0 radical (unpaired) electrons. The number of esters is 1. The molecule has 1 aliphatic carbocycles. The molecule has 2 aliphatic rings. The quantitative estimate of drug-likeness (QED) is 0.289. The third-order valence-corrected chi connectivity index (χ3v) is 4.82. The number of imide groups is 1. The van der Waals surface area contributed by atoms with E-state index in [9.17, 15) is 14.4 Å². The third kappa shape index (κ3) is 5.53. The number of allylic oxidation sites excluding steroid dienone is 2. The SMILES string of the molecule is CC(C)OC(=O)C[N+](C)(C)CCN1C(=O)C2CC=C(Cl)CC2C1=O.[Br-]. The van der Waals surface area contributed by atoms with E-state index < -0.39 is 0 Å². The van der Waals surface area contributed by atoms with Gasteiger partial charge in [0.15, 0.2) is 6.54 Å². The summed E-state index contributed by atoms with van der Waals surface area (Å²) < 4.78 is 5.52. The number of likely N-dealkylation sites (tertiary alicyclic amines) is 1. The van der Waals surface area contributed by atoms with Gasteiger partial charge < -0.3 is 26.2 Å². The average Bonchev–Trinajstić information content (AvgIpc) is 2.67. The molecular formula is C17H26BrClN2O4. The topological polar surface area (TPSA) is 63.7 Å². The molecule has 6 nitrogen and oxygen atoms in total. The molecular weight excluding hydrogens is 412 g/mol. The number of fused-ring (bicyclic) bond motifs is 1. The van der Waals surface area contributed by atoms with Crippen LogP contribution in [0.15, 0.2) is 11.1 Å². The molecule has 2 amide bonds. The summed E-state index contributed by atoms with van der Waals surface area (Å²) in [5, 5.41) is 0.659. The van der Waals surface area contributed by atoms with Crippen molar-refractivity contribution in [3.8, 4) is 0 Å². The number of hydrogen-bond acceptors (Lipinski definition) is 4. The Morgan fingerprint density at radius 1 is 1.32 bits per heavy atom. The van der Waals surface area contributed by atoms with E-state index in [1.807, 2.05) is 20.2 Å². The zero-order chi connectivity index (χ0) is 18.1. The number of carbonyl (C=O) groups excluding carboxylic acids is 3. The van der Waals surface area contributed by atoms with Crippen LogP contribution >= 0.6 is 11.6 Å². The molecule has 8 heteroatoms. The number of halogens is 2. The van der Waals surface area contributed by atoms with Gasteiger partial charge in [0.1, 0.15) is 0 Å². The van der Waals surface area contributed by atoms with E-state index in [0.717, 1.165) is 0 Å². The minimum atomic E-state index is -0.323. The Morgan fingerprint density at radius 3 is 2.52 bits per heavy atom. The smallest absolute Gasteiger partial charge is 0.362 e. The summed E-state index contributed by atoms with van der Waals surface area (Å²) in [6, 6.07) is 0. The largest absolute Gasteiger partial charge is 1.00 e. The Bertz CT molecular complexity index is 577. The molecule has 142 valence electrons. The Kier molecular flexibility index (Phi) is 7.65. The fourth-order valence-corrected chi connectivity index (χ4v) is 3.47. The molecule has 0 aromatic heterocycles. The zero-order valence-corrected chi connectivity index (χ0v) is 17.5. The second kappa shape index (κ2) is 8.64. The minimum Gasteiger partial charge on any atom is -1.00 e. The van der Waals surface area contributed by atoms with Gasteiger partial charge in [-0.15, -0.1) is 0 Å². The number of hydrogen-bond donors (Lipinski definition) is 0. The molecule has 2 atom stereocenters. The first kappa shape index (κ1) is 22.1. The van der Waals surface area contributed by atoms with Crippen molar-refractivity contribution in [3.63, 3.8) is 0 Å². The van der Waals surface area contributed by atoms with Crippen LogP contribution in [-0.2, 0) is 19.1 Å². The second-order valence-corrected chi connectivity index (χ2v) is 7.97. The highest BCUT2D eigenvalue weighted by molar-refractivity contribution is 6.30. The maximum absolute atomic E-state index is 12.5. The average molecular weight is 438 g/mol. The van der Waals surface area contributed by atoms with Gasteiger partial charge in [0.25, 0.3) is 0 Å². The van der Waals surface area contributed by atoms with Gasteiger partial charge in [-0.05, 0) is 26.7 Å². The standard InChI is InChI=1S/C17H26ClN2O4.BrH/c1-11(2)24-15(21)10-20(3,4)8-7-19-16(22)13-6-5-12(18)9-14(13)17(19)23;/h5,11,13-14H,6-10H2,1-4H3;1H/q+1;/p-1. The van der Waals surface area contributed by atoms with E-state index >= 15 is 0 Å². The summed E-state index contributed by atoms with van der Waals surface area (Å²) in [6.45, 7) is 4.63. The Balaban J connectivity index is 0.00000312. The van der Waals surface area contributed by atoms with Gasteiger partial charge in [-0.25, -0.2) is 4.79 Å². The lowest BCUT2D eigenvalue weighted by atomic mass is 9.85. The van der Waals surface area contributed by atoms with Crippen molar-refractivity contribution >= 4 is 29.4 Å². The van der Waals surface area contributed by atoms with E-state index in [1.54, 1.807) is 13.8 Å². The number of nitrogens with zero attached hydrogens (tertiary/aromatic N) is 2. The van der Waals surface area contributed by atoms with Crippen LogP contribution in [0.4, 0.5) is 0 Å². The van der Waals surface area contributed by atoms with Crippen molar-refractivity contribution in [1.29, 1.82) is 0 Å². The molecule has 0 aromatic carbocycles. The summed E-state index contributed by atoms with van der Waals surface area (Å²) in [5.74, 6) is -1.13. The minimum absolute atomic E-state index is 0. The number of likely N-dealkylation sites (N-methyl/N-ethyl adjacent to an activating group) is 1. The van der Waals surface area contributed by atoms with Crippen LogP contribution in [0.25, 0.3) is 0 Å². The highest BCUT2D eigenvalue weighted by Gasteiger charge is 2.48. The predicted octanol–water partition coefficient (Wildman–Crippen LogP) is -1.46. The summed E-state index contributed by atoms with van der Waals surface area (Å²) in [7, 11) is 3.77. The number of amides is 2. The molecule has 25 heavy (non-hydrogen) atoms. The van der Waals surface area contributed by atoms with Crippen molar-refractivity contribution < 1.29 is 40.6 Å². The predicted molar refractivity (Wildman–Crippen MR) is 89.9 cm³/mol. The fraction of sp³-hybridized carbons (Fsp3) is 0.706. The third-order valence-electron chi connectivity index (χ3n) is 4.51. The zero-order valence-electron chi connectivity index (χ0n) is 15.1. The number of quaternary nitrogens is 1. The highest BCUT2D eigenvalue weighted by atomic mass is 79.9. The molecule has 0 N–H and O–H groups in total. The van der Waals surface area contributed by atoms with Crippen LogP contribution in [0.1, 0.15) is 26.7 Å². The fourth-order valence-electron chi connectivity index (χ4n) is 3.22. The maximum atomic E-state index is 12.5. The number of rotatable bonds is 6. The maximum Gasteiger partial charge on any atom is 0.362 e.